The summed E-state index contributed by atoms with van der Waals surface area (Å²) in [6.45, 7) is 0.259. The average Bonchev–Trinajstić information content (AvgIpc) is 3.34. The third kappa shape index (κ3) is 3.78. The summed E-state index contributed by atoms with van der Waals surface area (Å²) in [5.74, 6) is 1.18. The van der Waals surface area contributed by atoms with Gasteiger partial charge >= 0.3 is 0 Å². The zero-order valence-electron chi connectivity index (χ0n) is 14.0. The number of rotatable bonds is 5. The molecule has 0 unspecified atom stereocenters. The summed E-state index contributed by atoms with van der Waals surface area (Å²) < 4.78 is 0. The predicted molar refractivity (Wildman–Crippen MR) is 104 cm³/mol. The molecule has 26 heavy (non-hydrogen) atoms. The molecule has 4 rings (SSSR count). The van der Waals surface area contributed by atoms with Gasteiger partial charge in [-0.05, 0) is 31.0 Å². The van der Waals surface area contributed by atoms with E-state index in [1.807, 2.05) is 18.2 Å². The minimum absolute atomic E-state index is 0.169. The van der Waals surface area contributed by atoms with Crippen LogP contribution in [0.15, 0.2) is 29.9 Å². The molecule has 0 atom stereocenters. The highest BCUT2D eigenvalue weighted by atomic mass is 35.5. The molecule has 134 valence electrons. The number of nitrogens with zero attached hydrogens (tertiary/aromatic N) is 3. The van der Waals surface area contributed by atoms with Crippen LogP contribution >= 0.6 is 22.9 Å². The standard InChI is InChI=1S/C18H18ClN5OS/c19-11-5-6-14-13(7-11)17(22-12-3-1-2-4-12)24-16(23-14)9-21-18(25)15-8-20-10-26-15/h5-8,10,12H,1-4,9H2,(H,21,25)(H,22,23,24). The lowest BCUT2D eigenvalue weighted by Gasteiger charge is -2.16. The van der Waals surface area contributed by atoms with Gasteiger partial charge in [0, 0.05) is 16.5 Å². The molecule has 1 aliphatic rings. The zero-order valence-corrected chi connectivity index (χ0v) is 15.6. The van der Waals surface area contributed by atoms with Crippen molar-refractivity contribution in [2.75, 3.05) is 5.32 Å². The van der Waals surface area contributed by atoms with Crippen molar-refractivity contribution < 1.29 is 4.79 Å². The van der Waals surface area contributed by atoms with Crippen LogP contribution in [0.3, 0.4) is 0 Å². The molecule has 1 aliphatic carbocycles. The summed E-state index contributed by atoms with van der Waals surface area (Å²) >= 11 is 7.47. The Morgan fingerprint density at radius 3 is 2.88 bits per heavy atom. The maximum atomic E-state index is 12.1. The van der Waals surface area contributed by atoms with Gasteiger partial charge in [-0.25, -0.2) is 9.97 Å². The first-order valence-corrected chi connectivity index (χ1v) is 9.84. The van der Waals surface area contributed by atoms with E-state index in [9.17, 15) is 4.79 Å². The maximum Gasteiger partial charge on any atom is 0.263 e. The van der Waals surface area contributed by atoms with Gasteiger partial charge in [-0.15, -0.1) is 11.3 Å². The first-order valence-electron chi connectivity index (χ1n) is 8.58. The summed E-state index contributed by atoms with van der Waals surface area (Å²) in [7, 11) is 0. The van der Waals surface area contributed by atoms with Crippen molar-refractivity contribution in [3.05, 3.63) is 45.6 Å². The van der Waals surface area contributed by atoms with Crippen molar-refractivity contribution in [2.45, 2.75) is 38.3 Å². The van der Waals surface area contributed by atoms with Crippen LogP contribution in [0.4, 0.5) is 5.82 Å². The molecular formula is C18H18ClN5OS. The number of anilines is 1. The molecule has 0 saturated heterocycles. The summed E-state index contributed by atoms with van der Waals surface area (Å²) in [6, 6.07) is 6.00. The predicted octanol–water partition coefficient (Wildman–Crippen LogP) is 4.02. The molecule has 0 spiro atoms. The lowest BCUT2D eigenvalue weighted by Crippen LogP contribution is -2.24. The normalized spacial score (nSPS) is 14.7. The number of benzene rings is 1. The van der Waals surface area contributed by atoms with Crippen LogP contribution in [0.25, 0.3) is 10.9 Å². The Kier molecular flexibility index (Phi) is 4.99. The zero-order chi connectivity index (χ0) is 17.9. The molecule has 0 bridgehead atoms. The molecule has 8 heteroatoms. The topological polar surface area (TPSA) is 79.8 Å². The van der Waals surface area contributed by atoms with E-state index in [1.165, 1.54) is 24.2 Å². The number of hydrogen-bond donors (Lipinski definition) is 2. The van der Waals surface area contributed by atoms with Gasteiger partial charge in [0.15, 0.2) is 5.82 Å². The lowest BCUT2D eigenvalue weighted by atomic mass is 10.2. The molecular weight excluding hydrogens is 370 g/mol. The SMILES string of the molecule is O=C(NCc1nc(NC2CCCC2)c2cc(Cl)ccc2n1)c1cncs1. The fraction of sp³-hybridized carbons (Fsp3) is 0.333. The highest BCUT2D eigenvalue weighted by molar-refractivity contribution is 7.11. The summed E-state index contributed by atoms with van der Waals surface area (Å²) in [4.78, 5) is 25.8. The molecule has 0 radical (unpaired) electrons. The molecule has 1 aromatic carbocycles. The Hall–Kier alpha value is -2.25. The summed E-state index contributed by atoms with van der Waals surface area (Å²) in [6.07, 6.45) is 6.31. The lowest BCUT2D eigenvalue weighted by molar-refractivity contribution is 0.0953. The van der Waals surface area contributed by atoms with Crippen LogP contribution < -0.4 is 10.6 Å². The van der Waals surface area contributed by atoms with Gasteiger partial charge in [0.2, 0.25) is 0 Å². The van der Waals surface area contributed by atoms with Gasteiger partial charge in [-0.1, -0.05) is 24.4 Å². The van der Waals surface area contributed by atoms with Crippen molar-refractivity contribution in [1.29, 1.82) is 0 Å². The third-order valence-corrected chi connectivity index (χ3v) is 5.47. The number of carbonyl (C=O) groups excluding carboxylic acids is 1. The monoisotopic (exact) mass is 387 g/mol. The van der Waals surface area contributed by atoms with Crippen molar-refractivity contribution in [3.8, 4) is 0 Å². The minimum Gasteiger partial charge on any atom is -0.367 e. The highest BCUT2D eigenvalue weighted by Gasteiger charge is 2.18. The molecule has 6 nitrogen and oxygen atoms in total. The first-order chi connectivity index (χ1) is 12.7. The van der Waals surface area contributed by atoms with Gasteiger partial charge in [0.05, 0.1) is 23.8 Å². The van der Waals surface area contributed by atoms with Crippen LogP contribution in [-0.2, 0) is 6.54 Å². The number of aromatic nitrogens is 3. The van der Waals surface area contributed by atoms with E-state index in [4.69, 9.17) is 11.6 Å². The van der Waals surface area contributed by atoms with Crippen molar-refractivity contribution in [3.63, 3.8) is 0 Å². The van der Waals surface area contributed by atoms with Gasteiger partial charge in [-0.3, -0.25) is 9.78 Å². The van der Waals surface area contributed by atoms with E-state index in [1.54, 1.807) is 11.7 Å². The van der Waals surface area contributed by atoms with Gasteiger partial charge in [0.1, 0.15) is 10.7 Å². The molecule has 2 aromatic heterocycles. The highest BCUT2D eigenvalue weighted by Crippen LogP contribution is 2.28. The Balaban J connectivity index is 1.60. The first kappa shape index (κ1) is 17.2. The fourth-order valence-electron chi connectivity index (χ4n) is 3.18. The second-order valence-corrected chi connectivity index (χ2v) is 7.65. The van der Waals surface area contributed by atoms with E-state index in [2.05, 4.69) is 25.6 Å². The number of amides is 1. The molecule has 2 heterocycles. The Labute approximate surface area is 160 Å². The Bertz CT molecular complexity index is 925. The molecule has 1 fully saturated rings. The molecule has 0 aliphatic heterocycles. The van der Waals surface area contributed by atoms with E-state index in [0.29, 0.717) is 21.8 Å². The molecule has 1 saturated carbocycles. The minimum atomic E-state index is -0.169. The van der Waals surface area contributed by atoms with E-state index < -0.39 is 0 Å². The van der Waals surface area contributed by atoms with Crippen molar-refractivity contribution in [2.24, 2.45) is 0 Å². The Morgan fingerprint density at radius 1 is 1.27 bits per heavy atom. The maximum absolute atomic E-state index is 12.1. The second-order valence-electron chi connectivity index (χ2n) is 6.32. The number of fused-ring (bicyclic) bond motifs is 1. The van der Waals surface area contributed by atoms with Crippen LogP contribution in [-0.4, -0.2) is 26.9 Å². The van der Waals surface area contributed by atoms with Gasteiger partial charge in [0.25, 0.3) is 5.91 Å². The van der Waals surface area contributed by atoms with Gasteiger partial charge < -0.3 is 10.6 Å². The average molecular weight is 388 g/mol. The summed E-state index contributed by atoms with van der Waals surface area (Å²) in [5, 5.41) is 7.95. The largest absolute Gasteiger partial charge is 0.367 e. The van der Waals surface area contributed by atoms with E-state index >= 15 is 0 Å². The third-order valence-electron chi connectivity index (χ3n) is 4.46. The Morgan fingerprint density at radius 2 is 2.12 bits per heavy atom. The molecule has 3 aromatic rings. The number of carbonyl (C=O) groups is 1. The number of nitrogens with one attached hydrogen (secondary N) is 2. The number of thiazole rings is 1. The van der Waals surface area contributed by atoms with E-state index in [-0.39, 0.29) is 12.5 Å². The molecule has 2 N–H and O–H groups in total. The second kappa shape index (κ2) is 7.55. The smallest absolute Gasteiger partial charge is 0.263 e. The number of hydrogen-bond acceptors (Lipinski definition) is 6. The quantitative estimate of drug-likeness (QED) is 0.691. The molecule has 1 amide bonds. The van der Waals surface area contributed by atoms with Crippen LogP contribution in [0, 0.1) is 0 Å². The fourth-order valence-corrected chi connectivity index (χ4v) is 3.88. The van der Waals surface area contributed by atoms with Crippen LogP contribution in [0.5, 0.6) is 0 Å². The van der Waals surface area contributed by atoms with E-state index in [0.717, 1.165) is 29.6 Å². The summed E-state index contributed by atoms with van der Waals surface area (Å²) in [5.41, 5.74) is 2.45. The number of halogens is 1. The van der Waals surface area contributed by atoms with Crippen LogP contribution in [0.2, 0.25) is 5.02 Å². The van der Waals surface area contributed by atoms with Crippen molar-refractivity contribution >= 4 is 45.6 Å². The van der Waals surface area contributed by atoms with Crippen LogP contribution in [0.1, 0.15) is 41.2 Å². The van der Waals surface area contributed by atoms with Crippen molar-refractivity contribution in [1.82, 2.24) is 20.3 Å². The van der Waals surface area contributed by atoms with Gasteiger partial charge in [-0.2, -0.15) is 0 Å².